The summed E-state index contributed by atoms with van der Waals surface area (Å²) in [6.45, 7) is 4.18. The molecule has 2 aromatic rings. The van der Waals surface area contributed by atoms with Crippen LogP contribution in [0.25, 0.3) is 10.6 Å². The van der Waals surface area contributed by atoms with E-state index in [0.29, 0.717) is 24.5 Å². The van der Waals surface area contributed by atoms with Crippen LogP contribution in [0, 0.1) is 0 Å². The topological polar surface area (TPSA) is 42.4 Å². The van der Waals surface area contributed by atoms with Crippen molar-refractivity contribution in [3.05, 3.63) is 40.4 Å². The van der Waals surface area contributed by atoms with Crippen LogP contribution in [0.15, 0.2) is 29.6 Å². The molecule has 0 radical (unpaired) electrons. The number of aromatic nitrogens is 1. The Bertz CT molecular complexity index is 698. The van der Waals surface area contributed by atoms with Crippen LogP contribution in [0.4, 0.5) is 0 Å². The first-order valence-electron chi connectivity index (χ1n) is 8.26. The number of hydrogen-bond donors (Lipinski definition) is 0. The van der Waals surface area contributed by atoms with Crippen LogP contribution in [0.3, 0.4) is 0 Å². The van der Waals surface area contributed by atoms with Crippen LogP contribution in [-0.4, -0.2) is 41.6 Å². The summed E-state index contributed by atoms with van der Waals surface area (Å²) in [6, 6.07) is 7.63. The van der Waals surface area contributed by atoms with Gasteiger partial charge in [0.1, 0.15) is 5.01 Å². The molecular formula is C18H21ClN2O2S. The lowest BCUT2D eigenvalue weighted by atomic mass is 10.2. The predicted octanol–water partition coefficient (Wildman–Crippen LogP) is 4.03. The number of amides is 1. The quantitative estimate of drug-likeness (QED) is 0.777. The Morgan fingerprint density at radius 3 is 3.00 bits per heavy atom. The maximum absolute atomic E-state index is 12.6. The fraction of sp³-hybridized carbons (Fsp3) is 0.444. The number of thiazole rings is 1. The molecule has 24 heavy (non-hydrogen) atoms. The predicted molar refractivity (Wildman–Crippen MR) is 97.5 cm³/mol. The van der Waals surface area contributed by atoms with E-state index in [1.807, 2.05) is 41.5 Å². The Hall–Kier alpha value is -1.43. The summed E-state index contributed by atoms with van der Waals surface area (Å²) in [6.07, 6.45) is 2.63. The molecule has 0 aliphatic carbocycles. The highest BCUT2D eigenvalue weighted by Gasteiger charge is 2.22. The van der Waals surface area contributed by atoms with Crippen LogP contribution < -0.4 is 0 Å². The summed E-state index contributed by atoms with van der Waals surface area (Å²) in [7, 11) is 0. The highest BCUT2D eigenvalue weighted by molar-refractivity contribution is 7.13. The number of nitrogens with zero attached hydrogens (tertiary/aromatic N) is 2. The second-order valence-corrected chi connectivity index (χ2v) is 7.13. The van der Waals surface area contributed by atoms with Crippen molar-refractivity contribution in [3.63, 3.8) is 0 Å². The Balaban J connectivity index is 1.65. The van der Waals surface area contributed by atoms with Gasteiger partial charge in [-0.25, -0.2) is 4.98 Å². The molecule has 1 atom stereocenters. The molecule has 128 valence electrons. The monoisotopic (exact) mass is 364 g/mol. The van der Waals surface area contributed by atoms with Gasteiger partial charge in [0, 0.05) is 30.6 Å². The van der Waals surface area contributed by atoms with E-state index >= 15 is 0 Å². The van der Waals surface area contributed by atoms with Crippen LogP contribution >= 0.6 is 22.9 Å². The summed E-state index contributed by atoms with van der Waals surface area (Å²) >= 11 is 7.74. The lowest BCUT2D eigenvalue weighted by Gasteiger charge is -2.23. The number of hydrogen-bond acceptors (Lipinski definition) is 4. The number of halogens is 1. The van der Waals surface area contributed by atoms with Crippen LogP contribution in [0.2, 0.25) is 5.02 Å². The maximum Gasteiger partial charge on any atom is 0.228 e. The SMILES string of the molecule is CCN(CC1CCCO1)C(=O)Cc1csc(-c2ccccc2Cl)n1. The Kier molecular flexibility index (Phi) is 5.87. The van der Waals surface area contributed by atoms with Gasteiger partial charge in [-0.15, -0.1) is 11.3 Å². The van der Waals surface area contributed by atoms with E-state index in [1.165, 1.54) is 11.3 Å². The fourth-order valence-electron chi connectivity index (χ4n) is 2.85. The van der Waals surface area contributed by atoms with E-state index < -0.39 is 0 Å². The minimum absolute atomic E-state index is 0.101. The zero-order chi connectivity index (χ0) is 16.9. The van der Waals surface area contributed by atoms with Crippen molar-refractivity contribution in [2.75, 3.05) is 19.7 Å². The van der Waals surface area contributed by atoms with E-state index in [0.717, 1.165) is 35.7 Å². The van der Waals surface area contributed by atoms with Gasteiger partial charge in [-0.1, -0.05) is 29.8 Å². The summed E-state index contributed by atoms with van der Waals surface area (Å²) in [4.78, 5) is 19.0. The first-order valence-corrected chi connectivity index (χ1v) is 9.51. The average Bonchev–Trinajstić information content (AvgIpc) is 3.24. The number of benzene rings is 1. The molecule has 2 heterocycles. The Morgan fingerprint density at radius 2 is 2.29 bits per heavy atom. The molecule has 4 nitrogen and oxygen atoms in total. The molecule has 0 spiro atoms. The number of rotatable bonds is 6. The molecule has 1 aromatic carbocycles. The third kappa shape index (κ3) is 4.15. The highest BCUT2D eigenvalue weighted by Crippen LogP contribution is 2.30. The van der Waals surface area contributed by atoms with E-state index in [9.17, 15) is 4.79 Å². The van der Waals surface area contributed by atoms with Crippen LogP contribution in [-0.2, 0) is 16.0 Å². The van der Waals surface area contributed by atoms with Gasteiger partial charge >= 0.3 is 0 Å². The van der Waals surface area contributed by atoms with Gasteiger partial charge in [-0.3, -0.25) is 4.79 Å². The molecule has 1 saturated heterocycles. The van der Waals surface area contributed by atoms with Gasteiger partial charge in [0.25, 0.3) is 0 Å². The standard InChI is InChI=1S/C18H21ClN2O2S/c1-2-21(11-14-6-5-9-23-14)17(22)10-13-12-24-18(20-13)15-7-3-4-8-16(15)19/h3-4,7-8,12,14H,2,5-6,9-11H2,1H3. The van der Waals surface area contributed by atoms with E-state index in [-0.39, 0.29) is 12.0 Å². The molecule has 0 bridgehead atoms. The van der Waals surface area contributed by atoms with Gasteiger partial charge in [-0.2, -0.15) is 0 Å². The van der Waals surface area contributed by atoms with Crippen molar-refractivity contribution in [2.24, 2.45) is 0 Å². The van der Waals surface area contributed by atoms with Crippen molar-refractivity contribution >= 4 is 28.8 Å². The molecule has 1 aliphatic rings. The molecule has 1 unspecified atom stereocenters. The average molecular weight is 365 g/mol. The van der Waals surface area contributed by atoms with Gasteiger partial charge in [0.15, 0.2) is 0 Å². The number of carbonyl (C=O) groups is 1. The lowest BCUT2D eigenvalue weighted by Crippen LogP contribution is -2.38. The van der Waals surface area contributed by atoms with E-state index in [2.05, 4.69) is 4.98 Å². The van der Waals surface area contributed by atoms with Crippen molar-refractivity contribution < 1.29 is 9.53 Å². The number of ether oxygens (including phenoxy) is 1. The zero-order valence-electron chi connectivity index (χ0n) is 13.7. The maximum atomic E-state index is 12.6. The van der Waals surface area contributed by atoms with Crippen LogP contribution in [0.1, 0.15) is 25.5 Å². The zero-order valence-corrected chi connectivity index (χ0v) is 15.3. The molecular weight excluding hydrogens is 344 g/mol. The summed E-state index contributed by atoms with van der Waals surface area (Å²) in [5, 5.41) is 3.47. The summed E-state index contributed by atoms with van der Waals surface area (Å²) in [5.41, 5.74) is 1.71. The first kappa shape index (κ1) is 17.4. The highest BCUT2D eigenvalue weighted by atomic mass is 35.5. The second kappa shape index (κ2) is 8.10. The second-order valence-electron chi connectivity index (χ2n) is 5.87. The molecule has 1 aliphatic heterocycles. The molecule has 1 aromatic heterocycles. The lowest BCUT2D eigenvalue weighted by molar-refractivity contribution is -0.131. The van der Waals surface area contributed by atoms with Crippen LogP contribution in [0.5, 0.6) is 0 Å². The van der Waals surface area contributed by atoms with Gasteiger partial charge in [0.05, 0.1) is 23.2 Å². The minimum atomic E-state index is 0.101. The molecule has 3 rings (SSSR count). The molecule has 0 saturated carbocycles. The molecule has 1 amide bonds. The Morgan fingerprint density at radius 1 is 1.46 bits per heavy atom. The summed E-state index contributed by atoms with van der Waals surface area (Å²) < 4.78 is 5.64. The van der Waals surface area contributed by atoms with Gasteiger partial charge in [-0.05, 0) is 25.8 Å². The molecule has 1 fully saturated rings. The van der Waals surface area contributed by atoms with Crippen molar-refractivity contribution in [1.29, 1.82) is 0 Å². The van der Waals surface area contributed by atoms with Gasteiger partial charge in [0.2, 0.25) is 5.91 Å². The third-order valence-corrected chi connectivity index (χ3v) is 5.42. The van der Waals surface area contributed by atoms with Crippen molar-refractivity contribution in [2.45, 2.75) is 32.3 Å². The fourth-order valence-corrected chi connectivity index (χ4v) is 3.99. The van der Waals surface area contributed by atoms with E-state index in [4.69, 9.17) is 16.3 Å². The molecule has 6 heteroatoms. The van der Waals surface area contributed by atoms with Crippen molar-refractivity contribution in [3.8, 4) is 10.6 Å². The molecule has 0 N–H and O–H groups in total. The third-order valence-electron chi connectivity index (χ3n) is 4.17. The largest absolute Gasteiger partial charge is 0.376 e. The smallest absolute Gasteiger partial charge is 0.228 e. The van der Waals surface area contributed by atoms with Gasteiger partial charge < -0.3 is 9.64 Å². The summed E-state index contributed by atoms with van der Waals surface area (Å²) in [5.74, 6) is 0.101. The Labute approximate surface area is 151 Å². The number of likely N-dealkylation sites (N-methyl/N-ethyl adjacent to an activating group) is 1. The number of carbonyl (C=O) groups excluding carboxylic acids is 1. The minimum Gasteiger partial charge on any atom is -0.376 e. The first-order chi connectivity index (χ1) is 11.7. The normalized spacial score (nSPS) is 17.2. The van der Waals surface area contributed by atoms with Crippen molar-refractivity contribution in [1.82, 2.24) is 9.88 Å². The van der Waals surface area contributed by atoms with E-state index in [1.54, 1.807) is 0 Å².